The minimum Gasteiger partial charge on any atom is -0.493 e. The van der Waals surface area contributed by atoms with Gasteiger partial charge in [-0.05, 0) is 53.2 Å². The van der Waals surface area contributed by atoms with E-state index < -0.39 is 0 Å². The molecule has 3 rings (SSSR count). The number of fused-ring (bicyclic) bond motifs is 1. The first-order valence-electron chi connectivity index (χ1n) is 7.70. The number of rotatable bonds is 5. The molecule has 0 aliphatic rings. The van der Waals surface area contributed by atoms with Crippen molar-refractivity contribution < 1.29 is 18.7 Å². The van der Waals surface area contributed by atoms with Crippen molar-refractivity contribution in [3.05, 3.63) is 46.3 Å². The van der Waals surface area contributed by atoms with Crippen LogP contribution in [0, 0.1) is 6.92 Å². The standard InChI is InChI=1S/C18H17BrN2O4/c1-4-24-17-13(19)7-11(8-16(17)23-3)18(22)21-12-5-6-15-14(9-12)20-10(2)25-15/h5-9H,4H2,1-3H3,(H,21,22). The molecule has 2 aromatic carbocycles. The van der Waals surface area contributed by atoms with Gasteiger partial charge in [-0.25, -0.2) is 4.98 Å². The highest BCUT2D eigenvalue weighted by molar-refractivity contribution is 9.10. The Morgan fingerprint density at radius 2 is 2.12 bits per heavy atom. The molecule has 1 heterocycles. The number of anilines is 1. The fourth-order valence-corrected chi connectivity index (χ4v) is 3.02. The summed E-state index contributed by atoms with van der Waals surface area (Å²) in [6.45, 7) is 4.16. The van der Waals surface area contributed by atoms with E-state index in [1.54, 1.807) is 37.3 Å². The number of amides is 1. The summed E-state index contributed by atoms with van der Waals surface area (Å²) >= 11 is 3.42. The Hall–Kier alpha value is -2.54. The van der Waals surface area contributed by atoms with Crippen LogP contribution in [0.4, 0.5) is 5.69 Å². The second kappa shape index (κ2) is 7.14. The third-order valence-electron chi connectivity index (χ3n) is 3.53. The van der Waals surface area contributed by atoms with Crippen molar-refractivity contribution in [3.8, 4) is 11.5 Å². The number of hydrogen-bond donors (Lipinski definition) is 1. The Morgan fingerprint density at radius 3 is 2.84 bits per heavy atom. The van der Waals surface area contributed by atoms with Crippen molar-refractivity contribution in [2.45, 2.75) is 13.8 Å². The number of nitrogens with zero attached hydrogens (tertiary/aromatic N) is 1. The van der Waals surface area contributed by atoms with Gasteiger partial charge in [0.25, 0.3) is 5.91 Å². The summed E-state index contributed by atoms with van der Waals surface area (Å²) in [5.74, 6) is 1.38. The van der Waals surface area contributed by atoms with E-state index in [-0.39, 0.29) is 5.91 Å². The highest BCUT2D eigenvalue weighted by Crippen LogP contribution is 2.36. The van der Waals surface area contributed by atoms with E-state index >= 15 is 0 Å². The van der Waals surface area contributed by atoms with E-state index in [1.165, 1.54) is 7.11 Å². The average Bonchev–Trinajstić information content (AvgIpc) is 2.95. The summed E-state index contributed by atoms with van der Waals surface area (Å²) in [7, 11) is 1.53. The predicted octanol–water partition coefficient (Wildman–Crippen LogP) is 4.56. The number of oxazole rings is 1. The lowest BCUT2D eigenvalue weighted by atomic mass is 10.1. The van der Waals surface area contributed by atoms with Gasteiger partial charge in [-0.3, -0.25) is 4.79 Å². The van der Waals surface area contributed by atoms with Crippen LogP contribution in [-0.2, 0) is 0 Å². The first kappa shape index (κ1) is 17.3. The van der Waals surface area contributed by atoms with E-state index in [0.29, 0.717) is 50.8 Å². The monoisotopic (exact) mass is 404 g/mol. The molecule has 0 radical (unpaired) electrons. The molecule has 6 nitrogen and oxygen atoms in total. The fourth-order valence-electron chi connectivity index (χ4n) is 2.46. The molecule has 0 fully saturated rings. The number of carbonyl (C=O) groups is 1. The molecule has 1 aromatic heterocycles. The number of ether oxygens (including phenoxy) is 2. The zero-order chi connectivity index (χ0) is 18.0. The van der Waals surface area contributed by atoms with Gasteiger partial charge in [-0.1, -0.05) is 0 Å². The predicted molar refractivity (Wildman–Crippen MR) is 98.6 cm³/mol. The van der Waals surface area contributed by atoms with Gasteiger partial charge in [0.1, 0.15) is 5.52 Å². The lowest BCUT2D eigenvalue weighted by molar-refractivity contribution is 0.102. The number of hydrogen-bond acceptors (Lipinski definition) is 5. The van der Waals surface area contributed by atoms with Crippen LogP contribution in [-0.4, -0.2) is 24.6 Å². The second-order valence-corrected chi connectivity index (χ2v) is 6.15. The van der Waals surface area contributed by atoms with E-state index in [0.717, 1.165) is 0 Å². The molecule has 25 heavy (non-hydrogen) atoms. The van der Waals surface area contributed by atoms with Gasteiger partial charge in [0.2, 0.25) is 0 Å². The van der Waals surface area contributed by atoms with Gasteiger partial charge in [-0.2, -0.15) is 0 Å². The molecule has 0 unspecified atom stereocenters. The summed E-state index contributed by atoms with van der Waals surface area (Å²) < 4.78 is 17.0. The maximum atomic E-state index is 12.6. The zero-order valence-corrected chi connectivity index (χ0v) is 15.6. The van der Waals surface area contributed by atoms with Crippen LogP contribution in [0.15, 0.2) is 39.2 Å². The van der Waals surface area contributed by atoms with Gasteiger partial charge in [0, 0.05) is 18.2 Å². The largest absolute Gasteiger partial charge is 0.493 e. The fraction of sp³-hybridized carbons (Fsp3) is 0.222. The van der Waals surface area contributed by atoms with Crippen molar-refractivity contribution in [3.63, 3.8) is 0 Å². The number of methoxy groups -OCH3 is 1. The summed E-state index contributed by atoms with van der Waals surface area (Å²) in [6, 6.07) is 8.65. The van der Waals surface area contributed by atoms with Crippen molar-refractivity contribution in [2.75, 3.05) is 19.0 Å². The molecule has 0 spiro atoms. The molecule has 1 amide bonds. The molecule has 1 N–H and O–H groups in total. The summed E-state index contributed by atoms with van der Waals surface area (Å²) in [6.07, 6.45) is 0. The van der Waals surface area contributed by atoms with Crippen molar-refractivity contribution >= 4 is 38.6 Å². The van der Waals surface area contributed by atoms with Crippen molar-refractivity contribution in [1.29, 1.82) is 0 Å². The second-order valence-electron chi connectivity index (χ2n) is 5.29. The molecule has 0 saturated heterocycles. The number of aryl methyl sites for hydroxylation is 1. The van der Waals surface area contributed by atoms with Crippen LogP contribution in [0.3, 0.4) is 0 Å². The highest BCUT2D eigenvalue weighted by Gasteiger charge is 2.16. The van der Waals surface area contributed by atoms with Crippen LogP contribution in [0.25, 0.3) is 11.1 Å². The smallest absolute Gasteiger partial charge is 0.255 e. The minimum absolute atomic E-state index is 0.262. The first-order chi connectivity index (χ1) is 12.0. The Labute approximate surface area is 153 Å². The minimum atomic E-state index is -0.262. The molecule has 0 aliphatic carbocycles. The maximum absolute atomic E-state index is 12.6. The van der Waals surface area contributed by atoms with Crippen LogP contribution in [0.5, 0.6) is 11.5 Å². The Kier molecular flexibility index (Phi) is 4.94. The number of benzene rings is 2. The highest BCUT2D eigenvalue weighted by atomic mass is 79.9. The first-order valence-corrected chi connectivity index (χ1v) is 8.50. The molecule has 0 saturated carbocycles. The third-order valence-corrected chi connectivity index (χ3v) is 4.12. The SMILES string of the molecule is CCOc1c(Br)cc(C(=O)Nc2ccc3oc(C)nc3c2)cc1OC. The number of carbonyl (C=O) groups excluding carboxylic acids is 1. The number of aromatic nitrogens is 1. The Bertz CT molecular complexity index is 936. The lowest BCUT2D eigenvalue weighted by Crippen LogP contribution is -2.12. The molecule has 130 valence electrons. The van der Waals surface area contributed by atoms with E-state index in [1.807, 2.05) is 6.92 Å². The van der Waals surface area contributed by atoms with Gasteiger partial charge in [-0.15, -0.1) is 0 Å². The number of halogens is 1. The van der Waals surface area contributed by atoms with E-state index in [2.05, 4.69) is 26.2 Å². The molecular formula is C18H17BrN2O4. The molecule has 0 bridgehead atoms. The quantitative estimate of drug-likeness (QED) is 0.674. The van der Waals surface area contributed by atoms with Crippen LogP contribution >= 0.6 is 15.9 Å². The van der Waals surface area contributed by atoms with Gasteiger partial charge >= 0.3 is 0 Å². The summed E-state index contributed by atoms with van der Waals surface area (Å²) in [4.78, 5) is 16.8. The van der Waals surface area contributed by atoms with Gasteiger partial charge < -0.3 is 19.2 Å². The van der Waals surface area contributed by atoms with Crippen molar-refractivity contribution in [2.24, 2.45) is 0 Å². The van der Waals surface area contributed by atoms with Gasteiger partial charge in [0.15, 0.2) is 23.0 Å². The number of nitrogens with one attached hydrogen (secondary N) is 1. The third kappa shape index (κ3) is 3.61. The van der Waals surface area contributed by atoms with Crippen LogP contribution < -0.4 is 14.8 Å². The normalized spacial score (nSPS) is 10.7. The molecule has 0 atom stereocenters. The molecule has 7 heteroatoms. The van der Waals surface area contributed by atoms with Gasteiger partial charge in [0.05, 0.1) is 18.2 Å². The van der Waals surface area contributed by atoms with Crippen LogP contribution in [0.2, 0.25) is 0 Å². The lowest BCUT2D eigenvalue weighted by Gasteiger charge is -2.13. The van der Waals surface area contributed by atoms with Crippen LogP contribution in [0.1, 0.15) is 23.2 Å². The molecule has 0 aliphatic heterocycles. The van der Waals surface area contributed by atoms with Crippen molar-refractivity contribution in [1.82, 2.24) is 4.98 Å². The average molecular weight is 405 g/mol. The summed E-state index contributed by atoms with van der Waals surface area (Å²) in [5, 5.41) is 2.85. The topological polar surface area (TPSA) is 73.6 Å². The van der Waals surface area contributed by atoms with E-state index in [9.17, 15) is 4.79 Å². The maximum Gasteiger partial charge on any atom is 0.255 e. The molecular weight excluding hydrogens is 388 g/mol. The Morgan fingerprint density at radius 1 is 1.32 bits per heavy atom. The molecule has 3 aromatic rings. The summed E-state index contributed by atoms with van der Waals surface area (Å²) in [5.41, 5.74) is 2.46. The van der Waals surface area contributed by atoms with E-state index in [4.69, 9.17) is 13.9 Å². The zero-order valence-electron chi connectivity index (χ0n) is 14.1. The Balaban J connectivity index is 1.87.